The first-order valence-corrected chi connectivity index (χ1v) is 10.8. The number of methoxy groups -OCH3 is 1. The molecular weight excluding hydrogens is 406 g/mol. The van der Waals surface area contributed by atoms with Crippen molar-refractivity contribution < 1.29 is 14.1 Å². The standard InChI is InChI=1S/C20H23N5O4S/c1-28-18-8-7-16(25(26)27)12-15(18)14-30-20-22-21-19(23-9-3-2-4-10-23)24(20)13-17-6-5-11-29-17/h5-8,11-12H,2-4,9-10,13-14H2,1H3. The predicted molar refractivity (Wildman–Crippen MR) is 113 cm³/mol. The van der Waals surface area contributed by atoms with Crippen LogP contribution in [0.15, 0.2) is 46.2 Å². The van der Waals surface area contributed by atoms with E-state index in [1.165, 1.54) is 24.2 Å². The Labute approximate surface area is 178 Å². The maximum atomic E-state index is 11.2. The molecule has 158 valence electrons. The largest absolute Gasteiger partial charge is 0.496 e. The van der Waals surface area contributed by atoms with E-state index < -0.39 is 4.92 Å². The van der Waals surface area contributed by atoms with E-state index in [-0.39, 0.29) is 5.69 Å². The summed E-state index contributed by atoms with van der Waals surface area (Å²) < 4.78 is 13.0. The summed E-state index contributed by atoms with van der Waals surface area (Å²) in [5.41, 5.74) is 0.779. The average Bonchev–Trinajstić information content (AvgIpc) is 3.43. The smallest absolute Gasteiger partial charge is 0.270 e. The molecule has 4 rings (SSSR count). The molecule has 1 aliphatic rings. The summed E-state index contributed by atoms with van der Waals surface area (Å²) in [5.74, 6) is 2.74. The number of hydrogen-bond acceptors (Lipinski definition) is 8. The molecule has 0 bridgehead atoms. The lowest BCUT2D eigenvalue weighted by Crippen LogP contribution is -2.32. The molecule has 1 aromatic carbocycles. The minimum Gasteiger partial charge on any atom is -0.496 e. The Morgan fingerprint density at radius 2 is 2.07 bits per heavy atom. The second-order valence-electron chi connectivity index (χ2n) is 7.04. The Bertz CT molecular complexity index is 999. The van der Waals surface area contributed by atoms with Crippen molar-refractivity contribution >= 4 is 23.4 Å². The van der Waals surface area contributed by atoms with Gasteiger partial charge in [0, 0.05) is 36.5 Å². The first kappa shape index (κ1) is 20.3. The van der Waals surface area contributed by atoms with Gasteiger partial charge in [-0.05, 0) is 37.5 Å². The van der Waals surface area contributed by atoms with Crippen molar-refractivity contribution in [3.05, 3.63) is 58.0 Å². The lowest BCUT2D eigenvalue weighted by Gasteiger charge is -2.27. The van der Waals surface area contributed by atoms with Crippen LogP contribution in [0.4, 0.5) is 11.6 Å². The number of aromatic nitrogens is 3. The number of benzene rings is 1. The third-order valence-electron chi connectivity index (χ3n) is 5.06. The van der Waals surface area contributed by atoms with Crippen molar-refractivity contribution in [1.82, 2.24) is 14.8 Å². The summed E-state index contributed by atoms with van der Waals surface area (Å²) in [6.07, 6.45) is 5.17. The van der Waals surface area contributed by atoms with Crippen LogP contribution in [0.5, 0.6) is 5.75 Å². The zero-order valence-electron chi connectivity index (χ0n) is 16.7. The van der Waals surface area contributed by atoms with Gasteiger partial charge in [-0.15, -0.1) is 10.2 Å². The number of ether oxygens (including phenoxy) is 1. The zero-order chi connectivity index (χ0) is 20.9. The lowest BCUT2D eigenvalue weighted by molar-refractivity contribution is -0.384. The fraction of sp³-hybridized carbons (Fsp3) is 0.400. The van der Waals surface area contributed by atoms with Crippen molar-refractivity contribution in [3.63, 3.8) is 0 Å². The summed E-state index contributed by atoms with van der Waals surface area (Å²) in [7, 11) is 1.56. The monoisotopic (exact) mass is 429 g/mol. The highest BCUT2D eigenvalue weighted by atomic mass is 32.2. The van der Waals surface area contributed by atoms with Gasteiger partial charge in [-0.3, -0.25) is 14.7 Å². The molecule has 1 fully saturated rings. The van der Waals surface area contributed by atoms with E-state index in [2.05, 4.69) is 19.7 Å². The number of nitro groups is 1. The van der Waals surface area contributed by atoms with Crippen LogP contribution in [0.25, 0.3) is 0 Å². The Balaban J connectivity index is 1.60. The fourth-order valence-electron chi connectivity index (χ4n) is 3.55. The van der Waals surface area contributed by atoms with Gasteiger partial charge in [0.1, 0.15) is 11.5 Å². The molecule has 3 heterocycles. The molecule has 0 saturated carbocycles. The van der Waals surface area contributed by atoms with E-state index in [0.29, 0.717) is 18.0 Å². The second kappa shape index (κ2) is 9.21. The highest BCUT2D eigenvalue weighted by Gasteiger charge is 2.22. The number of hydrogen-bond donors (Lipinski definition) is 0. The minimum absolute atomic E-state index is 0.0393. The fourth-order valence-corrected chi connectivity index (χ4v) is 4.46. The van der Waals surface area contributed by atoms with E-state index in [1.807, 2.05) is 12.1 Å². The van der Waals surface area contributed by atoms with Crippen molar-refractivity contribution in [2.45, 2.75) is 36.7 Å². The third-order valence-corrected chi connectivity index (χ3v) is 6.08. The number of nitro benzene ring substituents is 1. The van der Waals surface area contributed by atoms with Crippen LogP contribution in [0.1, 0.15) is 30.6 Å². The molecule has 1 saturated heterocycles. The summed E-state index contributed by atoms with van der Waals surface area (Å²) in [4.78, 5) is 13.0. The molecule has 30 heavy (non-hydrogen) atoms. The van der Waals surface area contributed by atoms with Crippen molar-refractivity contribution in [2.24, 2.45) is 0 Å². The summed E-state index contributed by atoms with van der Waals surface area (Å²) >= 11 is 1.48. The third kappa shape index (κ3) is 4.43. The quantitative estimate of drug-likeness (QED) is 0.299. The number of furan rings is 1. The summed E-state index contributed by atoms with van der Waals surface area (Å²) in [6.45, 7) is 2.44. The van der Waals surface area contributed by atoms with Gasteiger partial charge in [-0.1, -0.05) is 11.8 Å². The van der Waals surface area contributed by atoms with Crippen LogP contribution >= 0.6 is 11.8 Å². The minimum atomic E-state index is -0.401. The number of rotatable bonds is 8. The number of non-ortho nitro benzene ring substituents is 1. The number of nitrogens with zero attached hydrogens (tertiary/aromatic N) is 5. The molecule has 10 heteroatoms. The zero-order valence-corrected chi connectivity index (χ0v) is 17.5. The highest BCUT2D eigenvalue weighted by Crippen LogP contribution is 2.32. The van der Waals surface area contributed by atoms with Crippen LogP contribution in [-0.4, -0.2) is 39.9 Å². The number of piperidine rings is 1. The molecule has 3 aromatic rings. The van der Waals surface area contributed by atoms with Gasteiger partial charge in [0.05, 0.1) is 24.8 Å². The van der Waals surface area contributed by atoms with E-state index in [0.717, 1.165) is 48.4 Å². The SMILES string of the molecule is COc1ccc([N+](=O)[O-])cc1CSc1nnc(N2CCCCC2)n1Cc1ccco1. The molecule has 2 aromatic heterocycles. The van der Waals surface area contributed by atoms with Gasteiger partial charge in [0.25, 0.3) is 5.69 Å². The Hall–Kier alpha value is -3.01. The van der Waals surface area contributed by atoms with Gasteiger partial charge in [-0.2, -0.15) is 0 Å². The van der Waals surface area contributed by atoms with Crippen molar-refractivity contribution in [3.8, 4) is 5.75 Å². The maximum absolute atomic E-state index is 11.2. The summed E-state index contributed by atoms with van der Waals surface area (Å²) in [5, 5.41) is 20.8. The highest BCUT2D eigenvalue weighted by molar-refractivity contribution is 7.98. The molecule has 0 amide bonds. The first-order valence-electron chi connectivity index (χ1n) is 9.80. The Morgan fingerprint density at radius 1 is 1.23 bits per heavy atom. The van der Waals surface area contributed by atoms with Gasteiger partial charge < -0.3 is 14.1 Å². The average molecular weight is 430 g/mol. The lowest BCUT2D eigenvalue weighted by atomic mass is 10.1. The predicted octanol–water partition coefficient (Wildman–Crippen LogP) is 4.12. The Kier molecular flexibility index (Phi) is 6.22. The second-order valence-corrected chi connectivity index (χ2v) is 7.98. The Morgan fingerprint density at radius 3 is 2.77 bits per heavy atom. The number of anilines is 1. The van der Waals surface area contributed by atoms with E-state index in [1.54, 1.807) is 25.5 Å². The molecule has 1 aliphatic heterocycles. The summed E-state index contributed by atoms with van der Waals surface area (Å²) in [6, 6.07) is 8.41. The number of thioether (sulfide) groups is 1. The molecule has 0 unspecified atom stereocenters. The van der Waals surface area contributed by atoms with Gasteiger partial charge in [0.2, 0.25) is 5.95 Å². The normalized spacial score (nSPS) is 14.1. The van der Waals surface area contributed by atoms with Crippen LogP contribution in [-0.2, 0) is 12.3 Å². The topological polar surface area (TPSA) is 99.5 Å². The maximum Gasteiger partial charge on any atom is 0.270 e. The molecule has 0 N–H and O–H groups in total. The van der Waals surface area contributed by atoms with Crippen LogP contribution < -0.4 is 9.64 Å². The van der Waals surface area contributed by atoms with Gasteiger partial charge in [-0.25, -0.2) is 0 Å². The van der Waals surface area contributed by atoms with Crippen molar-refractivity contribution in [2.75, 3.05) is 25.1 Å². The molecule has 0 atom stereocenters. The van der Waals surface area contributed by atoms with Crippen LogP contribution in [0.2, 0.25) is 0 Å². The first-order chi connectivity index (χ1) is 14.7. The van der Waals surface area contributed by atoms with Gasteiger partial charge in [0.15, 0.2) is 5.16 Å². The van der Waals surface area contributed by atoms with Gasteiger partial charge >= 0.3 is 0 Å². The molecule has 9 nitrogen and oxygen atoms in total. The van der Waals surface area contributed by atoms with E-state index in [4.69, 9.17) is 9.15 Å². The molecular formula is C20H23N5O4S. The van der Waals surface area contributed by atoms with Crippen LogP contribution in [0.3, 0.4) is 0 Å². The molecule has 0 radical (unpaired) electrons. The molecule has 0 aliphatic carbocycles. The van der Waals surface area contributed by atoms with Crippen LogP contribution in [0, 0.1) is 10.1 Å². The van der Waals surface area contributed by atoms with E-state index >= 15 is 0 Å². The van der Waals surface area contributed by atoms with E-state index in [9.17, 15) is 10.1 Å². The van der Waals surface area contributed by atoms with Crippen molar-refractivity contribution in [1.29, 1.82) is 0 Å². The molecule has 0 spiro atoms.